The molecule has 2 aromatic rings. The molecular formula is C22H27FN6O2. The predicted octanol–water partition coefficient (Wildman–Crippen LogP) is 1.76. The number of nitrogens with zero attached hydrogens (tertiary/aromatic N) is 2. The summed E-state index contributed by atoms with van der Waals surface area (Å²) >= 11 is 0. The number of anilines is 3. The number of carbonyl (C=O) groups excluding carboxylic acids is 1. The molecule has 0 bridgehead atoms. The third-order valence-electron chi connectivity index (χ3n) is 4.99. The highest BCUT2D eigenvalue weighted by molar-refractivity contribution is 5.86. The predicted molar refractivity (Wildman–Crippen MR) is 117 cm³/mol. The molecule has 9 heteroatoms. The number of benzene rings is 1. The van der Waals surface area contributed by atoms with Crippen molar-refractivity contribution >= 4 is 23.4 Å². The fraction of sp³-hybridized carbons (Fsp3) is 0.409. The minimum Gasteiger partial charge on any atom is -0.392 e. The Labute approximate surface area is 181 Å². The van der Waals surface area contributed by atoms with Crippen molar-refractivity contribution in [2.45, 2.75) is 37.8 Å². The summed E-state index contributed by atoms with van der Waals surface area (Å²) in [5, 5.41) is 21.6. The van der Waals surface area contributed by atoms with Gasteiger partial charge >= 0.3 is 0 Å². The van der Waals surface area contributed by atoms with Gasteiger partial charge in [-0.2, -0.15) is 4.98 Å². The van der Waals surface area contributed by atoms with Crippen LogP contribution in [0, 0.1) is 17.7 Å². The average Bonchev–Trinajstić information content (AvgIpc) is 3.12. The van der Waals surface area contributed by atoms with Gasteiger partial charge in [-0.25, -0.2) is 9.37 Å². The molecule has 31 heavy (non-hydrogen) atoms. The number of rotatable bonds is 7. The van der Waals surface area contributed by atoms with Crippen LogP contribution in [0.3, 0.4) is 0 Å². The maximum absolute atomic E-state index is 13.0. The number of aliphatic hydroxyl groups excluding tert-OH is 1. The number of carbonyl (C=O) groups is 1. The highest BCUT2D eigenvalue weighted by Gasteiger charge is 2.39. The minimum absolute atomic E-state index is 0.105. The lowest BCUT2D eigenvalue weighted by atomic mass is 9.98. The molecule has 1 aliphatic rings. The van der Waals surface area contributed by atoms with Crippen molar-refractivity contribution in [3.05, 3.63) is 41.8 Å². The molecule has 1 aromatic heterocycles. The fourth-order valence-electron chi connectivity index (χ4n) is 3.25. The molecule has 0 radical (unpaired) electrons. The van der Waals surface area contributed by atoms with Crippen molar-refractivity contribution in [2.24, 2.45) is 0 Å². The molecular weight excluding hydrogens is 399 g/mol. The number of hydrogen-bond acceptors (Lipinski definition) is 7. The Morgan fingerprint density at radius 2 is 2.16 bits per heavy atom. The number of unbranched alkanes of at least 4 members (excludes halogenated alkanes) is 1. The van der Waals surface area contributed by atoms with Crippen molar-refractivity contribution in [1.29, 1.82) is 0 Å². The normalized spacial score (nSPS) is 19.9. The van der Waals surface area contributed by atoms with Gasteiger partial charge < -0.3 is 26.4 Å². The Bertz CT molecular complexity index is 972. The van der Waals surface area contributed by atoms with Gasteiger partial charge in [0.1, 0.15) is 11.6 Å². The maximum Gasteiger partial charge on any atom is 0.240 e. The first-order valence-electron chi connectivity index (χ1n) is 10.2. The first-order valence-corrected chi connectivity index (χ1v) is 10.2. The van der Waals surface area contributed by atoms with Crippen LogP contribution in [0.2, 0.25) is 0 Å². The lowest BCUT2D eigenvalue weighted by molar-refractivity contribution is -0.126. The number of hydrogen-bond donors (Lipinski definition) is 5. The summed E-state index contributed by atoms with van der Waals surface area (Å²) in [4.78, 5) is 20.9. The standard InChI is InChI=1S/C22H27FN6O2/c1-22(12-18(30)14-27-22)20(31)25-11-5-3-4-6-15-13-26-21(29-19(15)24-2)28-17-9-7-16(23)8-10-17/h7-10,13,18,27,30H,3,5,11-12,14H2,1-2H3,(H,25,31)(H2,24,26,28,29)/t18-,22-/m0/s1. The van der Waals surface area contributed by atoms with Gasteiger partial charge in [0.15, 0.2) is 0 Å². The van der Waals surface area contributed by atoms with Crippen molar-refractivity contribution in [3.63, 3.8) is 0 Å². The van der Waals surface area contributed by atoms with Gasteiger partial charge in [-0.1, -0.05) is 11.8 Å². The molecule has 1 fully saturated rings. The monoisotopic (exact) mass is 426 g/mol. The fourth-order valence-corrected chi connectivity index (χ4v) is 3.25. The quantitative estimate of drug-likeness (QED) is 0.339. The van der Waals surface area contributed by atoms with E-state index in [9.17, 15) is 14.3 Å². The minimum atomic E-state index is -0.714. The molecule has 0 unspecified atom stereocenters. The van der Waals surface area contributed by atoms with E-state index in [2.05, 4.69) is 43.1 Å². The van der Waals surface area contributed by atoms with Crippen LogP contribution in [0.4, 0.5) is 21.8 Å². The van der Waals surface area contributed by atoms with Gasteiger partial charge in [-0.15, -0.1) is 0 Å². The van der Waals surface area contributed by atoms with Crippen molar-refractivity contribution in [1.82, 2.24) is 20.6 Å². The van der Waals surface area contributed by atoms with E-state index in [0.29, 0.717) is 55.4 Å². The Balaban J connectivity index is 1.49. The summed E-state index contributed by atoms with van der Waals surface area (Å²) in [6.45, 7) is 2.74. The molecule has 5 N–H and O–H groups in total. The molecule has 1 aliphatic heterocycles. The third kappa shape index (κ3) is 6.13. The van der Waals surface area contributed by atoms with Gasteiger partial charge in [-0.05, 0) is 37.6 Å². The first kappa shape index (κ1) is 22.5. The SMILES string of the molecule is CNc1nc(Nc2ccc(F)cc2)ncc1C#CCCCNC(=O)[C@]1(C)C[C@H](O)CN1. The van der Waals surface area contributed by atoms with E-state index in [1.165, 1.54) is 12.1 Å². The van der Waals surface area contributed by atoms with Gasteiger partial charge in [-0.3, -0.25) is 4.79 Å². The van der Waals surface area contributed by atoms with E-state index in [1.807, 2.05) is 0 Å². The van der Waals surface area contributed by atoms with E-state index in [-0.39, 0.29) is 11.7 Å². The Morgan fingerprint density at radius 3 is 2.84 bits per heavy atom. The summed E-state index contributed by atoms with van der Waals surface area (Å²) in [7, 11) is 1.75. The van der Waals surface area contributed by atoms with E-state index in [1.54, 1.807) is 32.3 Å². The molecule has 1 amide bonds. The van der Waals surface area contributed by atoms with E-state index in [0.717, 1.165) is 0 Å². The largest absolute Gasteiger partial charge is 0.392 e. The number of amides is 1. The second-order valence-electron chi connectivity index (χ2n) is 7.57. The van der Waals surface area contributed by atoms with Crippen molar-refractivity contribution in [3.8, 4) is 11.8 Å². The van der Waals surface area contributed by atoms with Crippen LogP contribution < -0.4 is 21.3 Å². The van der Waals surface area contributed by atoms with Crippen LogP contribution in [-0.2, 0) is 4.79 Å². The van der Waals surface area contributed by atoms with Crippen LogP contribution in [0.1, 0.15) is 31.7 Å². The second kappa shape index (κ2) is 10.2. The zero-order valence-electron chi connectivity index (χ0n) is 17.6. The van der Waals surface area contributed by atoms with E-state index < -0.39 is 11.6 Å². The molecule has 8 nitrogen and oxygen atoms in total. The third-order valence-corrected chi connectivity index (χ3v) is 4.99. The van der Waals surface area contributed by atoms with Crippen LogP contribution in [-0.4, -0.2) is 52.8 Å². The molecule has 1 aromatic carbocycles. The summed E-state index contributed by atoms with van der Waals surface area (Å²) in [5.41, 5.74) is 0.627. The van der Waals surface area contributed by atoms with Gasteiger partial charge in [0.2, 0.25) is 11.9 Å². The zero-order chi connectivity index (χ0) is 22.3. The molecule has 3 rings (SSSR count). The topological polar surface area (TPSA) is 111 Å². The number of β-amino-alcohol motifs (C(OH)–C–C–N with tert-alkyl or cyclic N) is 1. The van der Waals surface area contributed by atoms with Crippen LogP contribution in [0.25, 0.3) is 0 Å². The van der Waals surface area contributed by atoms with E-state index >= 15 is 0 Å². The Hall–Kier alpha value is -3.22. The Kier molecular flexibility index (Phi) is 7.39. The zero-order valence-corrected chi connectivity index (χ0v) is 17.6. The van der Waals surface area contributed by atoms with Crippen molar-refractivity contribution < 1.29 is 14.3 Å². The number of nitrogens with one attached hydrogen (secondary N) is 4. The van der Waals surface area contributed by atoms with Gasteiger partial charge in [0.25, 0.3) is 0 Å². The Morgan fingerprint density at radius 1 is 1.39 bits per heavy atom. The molecule has 0 aliphatic carbocycles. The second-order valence-corrected chi connectivity index (χ2v) is 7.57. The molecule has 164 valence electrons. The summed E-state index contributed by atoms with van der Waals surface area (Å²) < 4.78 is 13.0. The maximum atomic E-state index is 13.0. The summed E-state index contributed by atoms with van der Waals surface area (Å²) in [5.74, 6) is 6.67. The van der Waals surface area contributed by atoms with Crippen LogP contribution in [0.15, 0.2) is 30.5 Å². The van der Waals surface area contributed by atoms with Crippen molar-refractivity contribution in [2.75, 3.05) is 30.8 Å². The molecule has 0 spiro atoms. The summed E-state index contributed by atoms with van der Waals surface area (Å²) in [6.07, 6.45) is 2.86. The lowest BCUT2D eigenvalue weighted by Gasteiger charge is -2.22. The first-order chi connectivity index (χ1) is 14.9. The highest BCUT2D eigenvalue weighted by Crippen LogP contribution is 2.19. The number of aliphatic hydroxyl groups is 1. The van der Waals surface area contributed by atoms with Gasteiger partial charge in [0, 0.05) is 38.7 Å². The highest BCUT2D eigenvalue weighted by atomic mass is 19.1. The summed E-state index contributed by atoms with van der Waals surface area (Å²) in [6, 6.07) is 5.93. The number of halogens is 1. The van der Waals surface area contributed by atoms with Crippen LogP contribution >= 0.6 is 0 Å². The average molecular weight is 426 g/mol. The molecule has 2 atom stereocenters. The molecule has 1 saturated heterocycles. The lowest BCUT2D eigenvalue weighted by Crippen LogP contribution is -2.51. The van der Waals surface area contributed by atoms with Gasteiger partial charge in [0.05, 0.1) is 23.4 Å². The molecule has 2 heterocycles. The number of aromatic nitrogens is 2. The smallest absolute Gasteiger partial charge is 0.240 e. The van der Waals surface area contributed by atoms with E-state index in [4.69, 9.17) is 0 Å². The van der Waals surface area contributed by atoms with Crippen LogP contribution in [0.5, 0.6) is 0 Å². The molecule has 0 saturated carbocycles.